The Morgan fingerprint density at radius 2 is 2.37 bits per heavy atom. The van der Waals surface area contributed by atoms with Crippen molar-refractivity contribution in [2.45, 2.75) is 6.54 Å². The van der Waals surface area contributed by atoms with Crippen LogP contribution in [0.3, 0.4) is 0 Å². The Labute approximate surface area is 108 Å². The molecule has 3 rings (SSSR count). The van der Waals surface area contributed by atoms with Crippen LogP contribution in [-0.2, 0) is 6.54 Å². The Kier molecular flexibility index (Phi) is 2.86. The van der Waals surface area contributed by atoms with Gasteiger partial charge < -0.3 is 9.64 Å². The molecule has 2 heterocycles. The van der Waals surface area contributed by atoms with Crippen LogP contribution in [0.1, 0.15) is 16.2 Å². The van der Waals surface area contributed by atoms with E-state index >= 15 is 0 Å². The van der Waals surface area contributed by atoms with Gasteiger partial charge in [-0.3, -0.25) is 9.89 Å². The third-order valence-corrected chi connectivity index (χ3v) is 2.91. The van der Waals surface area contributed by atoms with E-state index < -0.39 is 0 Å². The van der Waals surface area contributed by atoms with Gasteiger partial charge >= 0.3 is 0 Å². The first-order valence-corrected chi connectivity index (χ1v) is 5.80. The summed E-state index contributed by atoms with van der Waals surface area (Å²) in [5.74, 6) is 0.142. The van der Waals surface area contributed by atoms with Gasteiger partial charge in [0.05, 0.1) is 6.54 Å². The quantitative estimate of drug-likeness (QED) is 0.831. The van der Waals surface area contributed by atoms with E-state index in [-0.39, 0.29) is 24.1 Å². The maximum Gasteiger partial charge on any atom is 0.291 e. The third kappa shape index (κ3) is 2.26. The van der Waals surface area contributed by atoms with Gasteiger partial charge in [0.15, 0.2) is 0 Å². The molecular weight excluding hydrogens is 251 g/mol. The van der Waals surface area contributed by atoms with Gasteiger partial charge in [-0.25, -0.2) is 9.37 Å². The second kappa shape index (κ2) is 4.68. The summed E-state index contributed by atoms with van der Waals surface area (Å²) in [6.45, 7) is 1.06. The number of benzene rings is 1. The number of aromatic amines is 1. The van der Waals surface area contributed by atoms with Gasteiger partial charge in [-0.15, -0.1) is 0 Å². The summed E-state index contributed by atoms with van der Waals surface area (Å²) in [6.07, 6.45) is 1.27. The molecule has 0 aliphatic carbocycles. The van der Waals surface area contributed by atoms with Gasteiger partial charge in [-0.05, 0) is 18.2 Å². The van der Waals surface area contributed by atoms with Gasteiger partial charge in [-0.1, -0.05) is 0 Å². The zero-order valence-electron chi connectivity index (χ0n) is 9.97. The van der Waals surface area contributed by atoms with Crippen molar-refractivity contribution in [1.29, 1.82) is 0 Å². The molecule has 2 aromatic rings. The van der Waals surface area contributed by atoms with E-state index in [9.17, 15) is 9.18 Å². The Hall–Kier alpha value is -2.44. The average molecular weight is 262 g/mol. The molecule has 1 aromatic heterocycles. The maximum absolute atomic E-state index is 13.2. The van der Waals surface area contributed by atoms with Crippen molar-refractivity contribution in [3.05, 3.63) is 41.7 Å². The third-order valence-electron chi connectivity index (χ3n) is 2.91. The van der Waals surface area contributed by atoms with Crippen molar-refractivity contribution in [2.24, 2.45) is 0 Å². The highest BCUT2D eigenvalue weighted by atomic mass is 19.1. The molecule has 0 spiro atoms. The number of aromatic nitrogens is 3. The molecule has 1 amide bonds. The van der Waals surface area contributed by atoms with Crippen molar-refractivity contribution in [1.82, 2.24) is 20.1 Å². The van der Waals surface area contributed by atoms with Crippen molar-refractivity contribution in [3.63, 3.8) is 0 Å². The second-order valence-corrected chi connectivity index (χ2v) is 4.16. The van der Waals surface area contributed by atoms with E-state index in [1.54, 1.807) is 11.0 Å². The van der Waals surface area contributed by atoms with Crippen molar-refractivity contribution < 1.29 is 13.9 Å². The number of nitrogens with one attached hydrogen (secondary N) is 1. The summed E-state index contributed by atoms with van der Waals surface area (Å²) >= 11 is 0. The second-order valence-electron chi connectivity index (χ2n) is 4.16. The van der Waals surface area contributed by atoms with Crippen LogP contribution in [0.25, 0.3) is 0 Å². The molecule has 98 valence electrons. The molecule has 0 unspecified atom stereocenters. The lowest BCUT2D eigenvalue weighted by molar-refractivity contribution is 0.0721. The lowest BCUT2D eigenvalue weighted by Gasteiger charge is -2.18. The highest BCUT2D eigenvalue weighted by Crippen LogP contribution is 2.24. The van der Waals surface area contributed by atoms with Crippen molar-refractivity contribution in [2.75, 3.05) is 13.2 Å². The van der Waals surface area contributed by atoms with E-state index in [1.165, 1.54) is 18.5 Å². The van der Waals surface area contributed by atoms with Crippen LogP contribution < -0.4 is 4.74 Å². The number of nitrogens with zero attached hydrogens (tertiary/aromatic N) is 3. The Morgan fingerprint density at radius 1 is 1.47 bits per heavy atom. The molecular formula is C12H11FN4O2. The first-order valence-electron chi connectivity index (χ1n) is 5.80. The average Bonchev–Trinajstić information content (AvgIpc) is 2.85. The number of H-pyrrole nitrogens is 1. The van der Waals surface area contributed by atoms with Crippen molar-refractivity contribution in [3.8, 4) is 5.75 Å². The minimum absolute atomic E-state index is 0.167. The molecule has 0 atom stereocenters. The van der Waals surface area contributed by atoms with Crippen LogP contribution in [0, 0.1) is 5.82 Å². The minimum atomic E-state index is -0.351. The predicted octanol–water partition coefficient (Wildman–Crippen LogP) is 0.979. The summed E-state index contributed by atoms with van der Waals surface area (Å²) in [5, 5.41) is 6.17. The predicted molar refractivity (Wildman–Crippen MR) is 63.0 cm³/mol. The molecule has 1 aliphatic heterocycles. The number of ether oxygens (including phenoxy) is 1. The molecule has 1 aliphatic rings. The van der Waals surface area contributed by atoms with E-state index in [0.29, 0.717) is 24.5 Å². The van der Waals surface area contributed by atoms with Gasteiger partial charge in [0.1, 0.15) is 24.5 Å². The maximum atomic E-state index is 13.2. The number of fused-ring (bicyclic) bond motifs is 1. The molecule has 0 bridgehead atoms. The SMILES string of the molecule is O=C(c1ncn[nH]1)N1CCOc2ccc(F)cc2C1. The lowest BCUT2D eigenvalue weighted by Crippen LogP contribution is -2.33. The molecule has 7 heteroatoms. The summed E-state index contributed by atoms with van der Waals surface area (Å²) in [4.78, 5) is 17.5. The number of carbonyl (C=O) groups is 1. The van der Waals surface area contributed by atoms with Gasteiger partial charge in [-0.2, -0.15) is 5.10 Å². The highest BCUT2D eigenvalue weighted by Gasteiger charge is 2.23. The molecule has 0 saturated carbocycles. The van der Waals surface area contributed by atoms with Gasteiger partial charge in [0.2, 0.25) is 5.82 Å². The monoisotopic (exact) mass is 262 g/mol. The molecule has 6 nitrogen and oxygen atoms in total. The Balaban J connectivity index is 1.87. The van der Waals surface area contributed by atoms with E-state index in [1.807, 2.05) is 0 Å². The van der Waals surface area contributed by atoms with Crippen LogP contribution in [0.2, 0.25) is 0 Å². The Bertz CT molecular complexity index is 600. The summed E-state index contributed by atoms with van der Waals surface area (Å²) in [5.41, 5.74) is 0.644. The lowest BCUT2D eigenvalue weighted by atomic mass is 10.2. The number of carbonyl (C=O) groups excluding carboxylic acids is 1. The first-order chi connectivity index (χ1) is 9.24. The van der Waals surface area contributed by atoms with Crippen LogP contribution in [-0.4, -0.2) is 39.1 Å². The molecule has 19 heavy (non-hydrogen) atoms. The fraction of sp³-hybridized carbons (Fsp3) is 0.250. The van der Waals surface area contributed by atoms with Crippen LogP contribution >= 0.6 is 0 Å². The largest absolute Gasteiger partial charge is 0.491 e. The standard InChI is InChI=1S/C12H11FN4O2/c13-9-1-2-10-8(5-9)6-17(3-4-19-10)12(18)11-14-7-15-16-11/h1-2,5,7H,3-4,6H2,(H,14,15,16). The summed E-state index contributed by atoms with van der Waals surface area (Å²) in [6, 6.07) is 4.29. The number of hydrogen-bond donors (Lipinski definition) is 1. The zero-order valence-corrected chi connectivity index (χ0v) is 9.97. The fourth-order valence-corrected chi connectivity index (χ4v) is 1.99. The number of rotatable bonds is 1. The fourth-order valence-electron chi connectivity index (χ4n) is 1.99. The minimum Gasteiger partial charge on any atom is -0.491 e. The van der Waals surface area contributed by atoms with E-state index in [4.69, 9.17) is 4.74 Å². The molecule has 0 radical (unpaired) electrons. The van der Waals surface area contributed by atoms with Crippen LogP contribution in [0.4, 0.5) is 4.39 Å². The number of hydrogen-bond acceptors (Lipinski definition) is 4. The molecule has 0 fully saturated rings. The molecule has 1 N–H and O–H groups in total. The Morgan fingerprint density at radius 3 is 3.16 bits per heavy atom. The van der Waals surface area contributed by atoms with Crippen molar-refractivity contribution >= 4 is 5.91 Å². The van der Waals surface area contributed by atoms with Gasteiger partial charge in [0.25, 0.3) is 5.91 Å². The first kappa shape index (κ1) is 11.6. The zero-order chi connectivity index (χ0) is 13.2. The van der Waals surface area contributed by atoms with Crippen LogP contribution in [0.15, 0.2) is 24.5 Å². The topological polar surface area (TPSA) is 71.1 Å². The molecule has 1 aromatic carbocycles. The summed E-state index contributed by atoms with van der Waals surface area (Å²) < 4.78 is 18.7. The highest BCUT2D eigenvalue weighted by molar-refractivity contribution is 5.90. The smallest absolute Gasteiger partial charge is 0.291 e. The molecule has 0 saturated heterocycles. The van der Waals surface area contributed by atoms with Gasteiger partial charge in [0, 0.05) is 12.1 Å². The van der Waals surface area contributed by atoms with E-state index in [2.05, 4.69) is 15.2 Å². The van der Waals surface area contributed by atoms with E-state index in [0.717, 1.165) is 0 Å². The number of amides is 1. The summed E-state index contributed by atoms with van der Waals surface area (Å²) in [7, 11) is 0. The normalized spacial score (nSPS) is 14.5. The number of halogens is 1. The van der Waals surface area contributed by atoms with Crippen LogP contribution in [0.5, 0.6) is 5.75 Å².